The fourth-order valence-electron chi connectivity index (χ4n) is 3.27. The van der Waals surface area contributed by atoms with E-state index in [-0.39, 0.29) is 17.7 Å². The van der Waals surface area contributed by atoms with E-state index in [1.807, 2.05) is 31.2 Å². The molecular weight excluding hydrogens is 376 g/mol. The molecule has 0 aliphatic carbocycles. The summed E-state index contributed by atoms with van der Waals surface area (Å²) < 4.78 is 5.64. The number of halogens is 1. The third kappa shape index (κ3) is 5.49. The van der Waals surface area contributed by atoms with E-state index in [1.165, 1.54) is 5.56 Å². The van der Waals surface area contributed by atoms with Gasteiger partial charge >= 0.3 is 0 Å². The van der Waals surface area contributed by atoms with Crippen LogP contribution in [0.3, 0.4) is 0 Å². The number of nitrogens with zero attached hydrogens (tertiary/aromatic N) is 1. The fraction of sp³-hybridized carbons (Fsp3) is 0.364. The van der Waals surface area contributed by atoms with E-state index in [2.05, 4.69) is 5.32 Å². The Morgan fingerprint density at radius 2 is 1.86 bits per heavy atom. The van der Waals surface area contributed by atoms with Gasteiger partial charge in [0.15, 0.2) is 0 Å². The molecule has 1 atom stereocenters. The molecule has 2 aromatic carbocycles. The second-order valence-electron chi connectivity index (χ2n) is 7.05. The van der Waals surface area contributed by atoms with Gasteiger partial charge in [0.25, 0.3) is 5.91 Å². The zero-order valence-corrected chi connectivity index (χ0v) is 16.7. The van der Waals surface area contributed by atoms with Gasteiger partial charge in [-0.3, -0.25) is 9.59 Å². The Balaban J connectivity index is 1.45. The van der Waals surface area contributed by atoms with E-state index in [4.69, 9.17) is 16.3 Å². The van der Waals surface area contributed by atoms with Gasteiger partial charge < -0.3 is 15.0 Å². The minimum Gasteiger partial charge on any atom is -0.492 e. The van der Waals surface area contributed by atoms with Crippen LogP contribution in [0.1, 0.15) is 28.8 Å². The first-order valence-corrected chi connectivity index (χ1v) is 9.93. The Labute approximate surface area is 170 Å². The molecule has 1 heterocycles. The first kappa shape index (κ1) is 20.2. The van der Waals surface area contributed by atoms with Crippen molar-refractivity contribution in [2.75, 3.05) is 26.2 Å². The van der Waals surface area contributed by atoms with Crippen molar-refractivity contribution in [1.29, 1.82) is 0 Å². The highest BCUT2D eigenvalue weighted by Crippen LogP contribution is 2.20. The number of ether oxygens (including phenoxy) is 1. The average molecular weight is 401 g/mol. The summed E-state index contributed by atoms with van der Waals surface area (Å²) >= 11 is 5.89. The Morgan fingerprint density at radius 1 is 1.14 bits per heavy atom. The quantitative estimate of drug-likeness (QED) is 0.752. The molecule has 1 N–H and O–H groups in total. The number of piperidine rings is 1. The zero-order chi connectivity index (χ0) is 19.9. The van der Waals surface area contributed by atoms with Gasteiger partial charge in [-0.1, -0.05) is 29.3 Å². The molecule has 1 aliphatic rings. The number of carbonyl (C=O) groups is 2. The third-order valence-corrected chi connectivity index (χ3v) is 5.11. The Kier molecular flexibility index (Phi) is 6.93. The zero-order valence-electron chi connectivity index (χ0n) is 16.0. The number of rotatable bonds is 6. The van der Waals surface area contributed by atoms with Crippen LogP contribution in [0.2, 0.25) is 5.02 Å². The summed E-state index contributed by atoms with van der Waals surface area (Å²) in [7, 11) is 0. The fourth-order valence-corrected chi connectivity index (χ4v) is 3.40. The molecule has 0 radical (unpaired) electrons. The number of aryl methyl sites for hydroxylation is 1. The van der Waals surface area contributed by atoms with Gasteiger partial charge in [-0.2, -0.15) is 0 Å². The normalized spacial score (nSPS) is 16.5. The molecule has 1 aliphatic heterocycles. The molecule has 0 aromatic heterocycles. The number of nitrogens with one attached hydrogen (secondary N) is 1. The maximum absolute atomic E-state index is 12.7. The topological polar surface area (TPSA) is 58.6 Å². The maximum atomic E-state index is 12.7. The summed E-state index contributed by atoms with van der Waals surface area (Å²) in [4.78, 5) is 26.9. The highest BCUT2D eigenvalue weighted by atomic mass is 35.5. The predicted molar refractivity (Wildman–Crippen MR) is 110 cm³/mol. The van der Waals surface area contributed by atoms with Crippen molar-refractivity contribution in [1.82, 2.24) is 10.2 Å². The highest BCUT2D eigenvalue weighted by molar-refractivity contribution is 6.30. The molecule has 1 fully saturated rings. The Bertz CT molecular complexity index is 806. The standard InChI is InChI=1S/C22H25ClN2O3/c1-16-4-10-20(11-5-16)28-14-12-24-21(26)18-3-2-13-25(15-18)22(27)17-6-8-19(23)9-7-17/h4-11,18H,2-3,12-15H2,1H3,(H,24,26)/t18-/m1/s1. The number of amides is 2. The van der Waals surface area contributed by atoms with Crippen LogP contribution in [-0.2, 0) is 4.79 Å². The number of carbonyl (C=O) groups excluding carboxylic acids is 2. The van der Waals surface area contributed by atoms with Crippen molar-refractivity contribution in [3.8, 4) is 5.75 Å². The van der Waals surface area contributed by atoms with Crippen LogP contribution >= 0.6 is 11.6 Å². The van der Waals surface area contributed by atoms with Crippen LogP contribution in [-0.4, -0.2) is 43.0 Å². The minimum absolute atomic E-state index is 0.0267. The predicted octanol–water partition coefficient (Wildman–Crippen LogP) is 3.70. The summed E-state index contributed by atoms with van der Waals surface area (Å²) in [5.41, 5.74) is 1.77. The van der Waals surface area contributed by atoms with Crippen molar-refractivity contribution in [3.05, 3.63) is 64.7 Å². The van der Waals surface area contributed by atoms with Gasteiger partial charge in [-0.25, -0.2) is 0 Å². The summed E-state index contributed by atoms with van der Waals surface area (Å²) in [6.07, 6.45) is 1.60. The molecule has 28 heavy (non-hydrogen) atoms. The van der Waals surface area contributed by atoms with Crippen LogP contribution in [0, 0.1) is 12.8 Å². The summed E-state index contributed by atoms with van der Waals surface area (Å²) in [6.45, 7) is 3.98. The van der Waals surface area contributed by atoms with E-state index in [0.717, 1.165) is 18.6 Å². The van der Waals surface area contributed by atoms with Crippen molar-refractivity contribution >= 4 is 23.4 Å². The van der Waals surface area contributed by atoms with Crippen LogP contribution in [0.4, 0.5) is 0 Å². The van der Waals surface area contributed by atoms with E-state index in [9.17, 15) is 9.59 Å². The monoisotopic (exact) mass is 400 g/mol. The van der Waals surface area contributed by atoms with Gasteiger partial charge in [0, 0.05) is 23.7 Å². The SMILES string of the molecule is Cc1ccc(OCCNC(=O)[C@@H]2CCCN(C(=O)c3ccc(Cl)cc3)C2)cc1. The molecule has 2 amide bonds. The number of hydrogen-bond acceptors (Lipinski definition) is 3. The lowest BCUT2D eigenvalue weighted by Crippen LogP contribution is -2.46. The molecule has 0 bridgehead atoms. The summed E-state index contributed by atoms with van der Waals surface area (Å²) in [5, 5.41) is 3.52. The highest BCUT2D eigenvalue weighted by Gasteiger charge is 2.28. The van der Waals surface area contributed by atoms with E-state index in [0.29, 0.717) is 36.8 Å². The van der Waals surface area contributed by atoms with Gasteiger partial charge in [0.05, 0.1) is 12.5 Å². The molecule has 1 saturated heterocycles. The van der Waals surface area contributed by atoms with Gasteiger partial charge in [-0.15, -0.1) is 0 Å². The Hall–Kier alpha value is -2.53. The second-order valence-corrected chi connectivity index (χ2v) is 7.49. The van der Waals surface area contributed by atoms with Gasteiger partial charge in [0.1, 0.15) is 12.4 Å². The largest absolute Gasteiger partial charge is 0.492 e. The summed E-state index contributed by atoms with van der Waals surface area (Å²) in [5.74, 6) is 0.514. The van der Waals surface area contributed by atoms with E-state index in [1.54, 1.807) is 29.2 Å². The first-order valence-electron chi connectivity index (χ1n) is 9.55. The molecule has 148 valence electrons. The molecular formula is C22H25ClN2O3. The van der Waals surface area contributed by atoms with Crippen LogP contribution < -0.4 is 10.1 Å². The second kappa shape index (κ2) is 9.60. The third-order valence-electron chi connectivity index (χ3n) is 4.86. The van der Waals surface area contributed by atoms with Crippen LogP contribution in [0.15, 0.2) is 48.5 Å². The van der Waals surface area contributed by atoms with Crippen molar-refractivity contribution in [3.63, 3.8) is 0 Å². The number of likely N-dealkylation sites (tertiary alicyclic amines) is 1. The van der Waals surface area contributed by atoms with Crippen molar-refractivity contribution < 1.29 is 14.3 Å². The molecule has 0 unspecified atom stereocenters. The van der Waals surface area contributed by atoms with Gasteiger partial charge in [-0.05, 0) is 56.2 Å². The van der Waals surface area contributed by atoms with E-state index < -0.39 is 0 Å². The molecule has 2 aromatic rings. The molecule has 3 rings (SSSR count). The Morgan fingerprint density at radius 3 is 2.57 bits per heavy atom. The number of benzene rings is 2. The first-order chi connectivity index (χ1) is 13.5. The average Bonchev–Trinajstić information content (AvgIpc) is 2.72. The number of hydrogen-bond donors (Lipinski definition) is 1. The van der Waals surface area contributed by atoms with Crippen molar-refractivity contribution in [2.45, 2.75) is 19.8 Å². The van der Waals surface area contributed by atoms with Crippen molar-refractivity contribution in [2.24, 2.45) is 5.92 Å². The molecule has 5 nitrogen and oxygen atoms in total. The maximum Gasteiger partial charge on any atom is 0.253 e. The molecule has 6 heteroatoms. The molecule has 0 saturated carbocycles. The smallest absolute Gasteiger partial charge is 0.253 e. The lowest BCUT2D eigenvalue weighted by atomic mass is 9.96. The van der Waals surface area contributed by atoms with Crippen LogP contribution in [0.5, 0.6) is 5.75 Å². The van der Waals surface area contributed by atoms with E-state index >= 15 is 0 Å². The molecule has 0 spiro atoms. The van der Waals surface area contributed by atoms with Gasteiger partial charge in [0.2, 0.25) is 5.91 Å². The van der Waals surface area contributed by atoms with Crippen LogP contribution in [0.25, 0.3) is 0 Å². The lowest BCUT2D eigenvalue weighted by molar-refractivity contribution is -0.126. The lowest BCUT2D eigenvalue weighted by Gasteiger charge is -2.32. The summed E-state index contributed by atoms with van der Waals surface area (Å²) in [6, 6.07) is 14.7. The minimum atomic E-state index is -0.190.